The van der Waals surface area contributed by atoms with Gasteiger partial charge in [-0.15, -0.1) is 0 Å². The summed E-state index contributed by atoms with van der Waals surface area (Å²) in [5.74, 6) is -0.663. The number of carbonyl (C=O) groups is 1. The Labute approximate surface area is 116 Å². The molecule has 0 fully saturated rings. The molecule has 0 spiro atoms. The Bertz CT molecular complexity index is 612. The van der Waals surface area contributed by atoms with Crippen LogP contribution in [0.15, 0.2) is 60.7 Å². The first-order valence-corrected chi connectivity index (χ1v) is 7.38. The Kier molecular flexibility index (Phi) is 4.56. The van der Waals surface area contributed by atoms with Crippen LogP contribution in [0, 0.1) is 0 Å². The average Bonchev–Trinajstić information content (AvgIpc) is 2.39. The number of carbonyl (C=O) groups excluding carboxylic acids is 1. The fourth-order valence-corrected chi connectivity index (χ4v) is 2.30. The van der Waals surface area contributed by atoms with Crippen LogP contribution in [0.2, 0.25) is 0 Å². The van der Waals surface area contributed by atoms with Crippen LogP contribution in [0.25, 0.3) is 0 Å². The SMILES string of the molecule is O=C(Cc1ccccc1)OP(=O)(O)Oc1ccccc1. The zero-order valence-electron chi connectivity index (χ0n) is 10.5. The van der Waals surface area contributed by atoms with Crippen LogP contribution in [-0.4, -0.2) is 10.9 Å². The third-order valence-electron chi connectivity index (χ3n) is 2.37. The standard InChI is InChI=1S/C14H13O5P/c15-14(11-12-7-3-1-4-8-12)19-20(16,17)18-13-9-5-2-6-10-13/h1-10H,11H2,(H,16,17). The second-order valence-electron chi connectivity index (χ2n) is 4.00. The smallest absolute Gasteiger partial charge is 0.395 e. The van der Waals surface area contributed by atoms with E-state index in [-0.39, 0.29) is 12.2 Å². The van der Waals surface area contributed by atoms with Crippen molar-refractivity contribution in [3.05, 3.63) is 66.2 Å². The summed E-state index contributed by atoms with van der Waals surface area (Å²) >= 11 is 0. The first kappa shape index (κ1) is 14.3. The van der Waals surface area contributed by atoms with Gasteiger partial charge in [-0.3, -0.25) is 9.69 Å². The number of para-hydroxylation sites is 1. The van der Waals surface area contributed by atoms with E-state index in [0.717, 1.165) is 0 Å². The highest BCUT2D eigenvalue weighted by Gasteiger charge is 2.27. The maximum Gasteiger partial charge on any atom is 0.587 e. The van der Waals surface area contributed by atoms with Gasteiger partial charge in [0.1, 0.15) is 5.75 Å². The molecule has 0 saturated heterocycles. The van der Waals surface area contributed by atoms with Crippen molar-refractivity contribution in [1.82, 2.24) is 0 Å². The predicted molar refractivity (Wildman–Crippen MR) is 73.1 cm³/mol. The first-order chi connectivity index (χ1) is 9.55. The molecule has 1 unspecified atom stereocenters. The second-order valence-corrected chi connectivity index (χ2v) is 5.30. The maximum absolute atomic E-state index is 11.7. The van der Waals surface area contributed by atoms with E-state index in [1.54, 1.807) is 42.5 Å². The molecule has 2 aromatic rings. The van der Waals surface area contributed by atoms with Gasteiger partial charge in [0.05, 0.1) is 6.42 Å². The van der Waals surface area contributed by atoms with Gasteiger partial charge in [0.2, 0.25) is 0 Å². The summed E-state index contributed by atoms with van der Waals surface area (Å²) in [4.78, 5) is 21.1. The third-order valence-corrected chi connectivity index (χ3v) is 3.25. The van der Waals surface area contributed by atoms with Crippen molar-refractivity contribution in [1.29, 1.82) is 0 Å². The van der Waals surface area contributed by atoms with Gasteiger partial charge in [0.25, 0.3) is 0 Å². The molecule has 2 aromatic carbocycles. The van der Waals surface area contributed by atoms with Crippen LogP contribution >= 0.6 is 7.82 Å². The zero-order valence-corrected chi connectivity index (χ0v) is 11.4. The fraction of sp³-hybridized carbons (Fsp3) is 0.0714. The molecule has 6 heteroatoms. The Morgan fingerprint density at radius 2 is 1.55 bits per heavy atom. The highest BCUT2D eigenvalue weighted by atomic mass is 31.2. The quantitative estimate of drug-likeness (QED) is 0.858. The van der Waals surface area contributed by atoms with E-state index in [2.05, 4.69) is 4.52 Å². The van der Waals surface area contributed by atoms with Gasteiger partial charge in [0, 0.05) is 0 Å². The van der Waals surface area contributed by atoms with Crippen molar-refractivity contribution in [3.63, 3.8) is 0 Å². The lowest BCUT2D eigenvalue weighted by atomic mass is 10.2. The van der Waals surface area contributed by atoms with Crippen LogP contribution in [0.3, 0.4) is 0 Å². The van der Waals surface area contributed by atoms with Gasteiger partial charge in [-0.05, 0) is 17.7 Å². The molecule has 0 saturated carbocycles. The largest absolute Gasteiger partial charge is 0.587 e. The maximum atomic E-state index is 11.7. The molecule has 0 aliphatic carbocycles. The van der Waals surface area contributed by atoms with Crippen LogP contribution < -0.4 is 4.52 Å². The summed E-state index contributed by atoms with van der Waals surface area (Å²) in [7, 11) is -4.46. The van der Waals surface area contributed by atoms with Crippen molar-refractivity contribution < 1.29 is 23.3 Å². The Balaban J connectivity index is 1.94. The highest BCUT2D eigenvalue weighted by Crippen LogP contribution is 2.43. The summed E-state index contributed by atoms with van der Waals surface area (Å²) < 4.78 is 20.9. The molecule has 1 atom stereocenters. The molecule has 0 amide bonds. The number of hydrogen-bond donors (Lipinski definition) is 1. The van der Waals surface area contributed by atoms with E-state index in [1.807, 2.05) is 6.07 Å². The van der Waals surface area contributed by atoms with Crippen LogP contribution in [-0.2, 0) is 20.3 Å². The Morgan fingerprint density at radius 1 is 1.00 bits per heavy atom. The lowest BCUT2D eigenvalue weighted by Gasteiger charge is -2.12. The van der Waals surface area contributed by atoms with Crippen molar-refractivity contribution >= 4 is 13.8 Å². The number of phosphoric ester groups is 1. The van der Waals surface area contributed by atoms with Gasteiger partial charge in [-0.25, -0.2) is 4.57 Å². The van der Waals surface area contributed by atoms with Crippen LogP contribution in [0.5, 0.6) is 5.75 Å². The van der Waals surface area contributed by atoms with E-state index in [4.69, 9.17) is 4.52 Å². The van der Waals surface area contributed by atoms with Gasteiger partial charge in [0.15, 0.2) is 0 Å². The molecule has 2 rings (SSSR count). The molecule has 0 heterocycles. The van der Waals surface area contributed by atoms with E-state index in [1.165, 1.54) is 12.1 Å². The molecule has 0 aromatic heterocycles. The molecule has 0 aliphatic heterocycles. The minimum atomic E-state index is -4.46. The predicted octanol–water partition coefficient (Wildman–Crippen LogP) is 2.95. The average molecular weight is 292 g/mol. The van der Waals surface area contributed by atoms with E-state index >= 15 is 0 Å². The van der Waals surface area contributed by atoms with Gasteiger partial charge in [-0.1, -0.05) is 48.5 Å². The summed E-state index contributed by atoms with van der Waals surface area (Å²) in [6.45, 7) is 0. The van der Waals surface area contributed by atoms with Gasteiger partial charge in [-0.2, -0.15) is 0 Å². The monoisotopic (exact) mass is 292 g/mol. The zero-order chi connectivity index (χ0) is 14.4. The van der Waals surface area contributed by atoms with E-state index in [0.29, 0.717) is 5.56 Å². The van der Waals surface area contributed by atoms with E-state index < -0.39 is 13.8 Å². The van der Waals surface area contributed by atoms with E-state index in [9.17, 15) is 14.3 Å². The minimum absolute atomic E-state index is 0.0937. The second kappa shape index (κ2) is 6.37. The molecule has 5 nitrogen and oxygen atoms in total. The molecular weight excluding hydrogens is 279 g/mol. The molecular formula is C14H13O5P. The van der Waals surface area contributed by atoms with Crippen molar-refractivity contribution in [2.45, 2.75) is 6.42 Å². The number of benzene rings is 2. The topological polar surface area (TPSA) is 72.8 Å². The normalized spacial score (nSPS) is 13.2. The number of hydrogen-bond acceptors (Lipinski definition) is 4. The molecule has 104 valence electrons. The lowest BCUT2D eigenvalue weighted by Crippen LogP contribution is -2.08. The molecule has 1 N–H and O–H groups in total. The summed E-state index contributed by atoms with van der Waals surface area (Å²) in [5, 5.41) is 0. The van der Waals surface area contributed by atoms with Gasteiger partial charge >= 0.3 is 13.8 Å². The number of rotatable bonds is 5. The first-order valence-electron chi connectivity index (χ1n) is 5.89. The summed E-state index contributed by atoms with van der Waals surface area (Å²) in [6, 6.07) is 16.8. The van der Waals surface area contributed by atoms with Crippen LogP contribution in [0.4, 0.5) is 0 Å². The molecule has 0 radical (unpaired) electrons. The lowest BCUT2D eigenvalue weighted by molar-refractivity contribution is -0.134. The van der Waals surface area contributed by atoms with Crippen molar-refractivity contribution in [3.8, 4) is 5.75 Å². The van der Waals surface area contributed by atoms with Crippen LogP contribution in [0.1, 0.15) is 5.56 Å². The number of phosphoric acid groups is 1. The molecule has 0 aliphatic rings. The van der Waals surface area contributed by atoms with Crippen molar-refractivity contribution in [2.24, 2.45) is 0 Å². The molecule has 20 heavy (non-hydrogen) atoms. The minimum Gasteiger partial charge on any atom is -0.395 e. The molecule has 0 bridgehead atoms. The van der Waals surface area contributed by atoms with Crippen molar-refractivity contribution in [2.75, 3.05) is 0 Å². The Hall–Kier alpha value is -2.10. The summed E-state index contributed by atoms with van der Waals surface area (Å²) in [6.07, 6.45) is -0.0937. The highest BCUT2D eigenvalue weighted by molar-refractivity contribution is 7.48. The van der Waals surface area contributed by atoms with Gasteiger partial charge < -0.3 is 9.05 Å². The third kappa shape index (κ3) is 4.53. The summed E-state index contributed by atoms with van der Waals surface area (Å²) in [5.41, 5.74) is 0.692. The fourth-order valence-electron chi connectivity index (χ4n) is 1.56. The Morgan fingerprint density at radius 3 is 2.15 bits per heavy atom.